The highest BCUT2D eigenvalue weighted by molar-refractivity contribution is 6.37. The van der Waals surface area contributed by atoms with Crippen molar-refractivity contribution in [2.45, 2.75) is 0 Å². The van der Waals surface area contributed by atoms with E-state index in [0.29, 0.717) is 21.5 Å². The molecule has 0 heterocycles. The zero-order valence-electron chi connectivity index (χ0n) is 7.61. The molecule has 0 aromatic heterocycles. The number of hydrogen-bond donors (Lipinski definition) is 1. The van der Waals surface area contributed by atoms with E-state index in [4.69, 9.17) is 27.9 Å². The zero-order valence-corrected chi connectivity index (χ0v) is 9.12. The van der Waals surface area contributed by atoms with Gasteiger partial charge in [0.15, 0.2) is 0 Å². The summed E-state index contributed by atoms with van der Waals surface area (Å²) >= 11 is 11.7. The topological polar surface area (TPSA) is 21.3 Å². The van der Waals surface area contributed by atoms with Crippen LogP contribution in [0.1, 0.15) is 0 Å². The Morgan fingerprint density at radius 2 is 2.07 bits per heavy atom. The van der Waals surface area contributed by atoms with Crippen LogP contribution >= 0.6 is 23.2 Å². The van der Waals surface area contributed by atoms with E-state index in [-0.39, 0.29) is 6.61 Å². The van der Waals surface area contributed by atoms with E-state index in [9.17, 15) is 4.39 Å². The standard InChI is InChI=1S/C9H10Cl2FNO/c1-13-8-5-9(14-3-2-12)7(11)4-6(8)10/h4-5,13H,2-3H2,1H3. The number of ether oxygens (including phenoxy) is 1. The second kappa shape index (κ2) is 5.27. The van der Waals surface area contributed by atoms with E-state index in [1.54, 1.807) is 19.2 Å². The van der Waals surface area contributed by atoms with Crippen LogP contribution in [0.2, 0.25) is 10.0 Å². The fraction of sp³-hybridized carbons (Fsp3) is 0.333. The van der Waals surface area contributed by atoms with Crippen molar-refractivity contribution in [2.75, 3.05) is 25.6 Å². The Kier molecular flexibility index (Phi) is 4.29. The lowest BCUT2D eigenvalue weighted by Crippen LogP contribution is -2.00. The van der Waals surface area contributed by atoms with Crippen LogP contribution < -0.4 is 10.1 Å². The largest absolute Gasteiger partial charge is 0.489 e. The molecule has 0 fully saturated rings. The number of hydrogen-bond acceptors (Lipinski definition) is 2. The molecule has 0 aliphatic carbocycles. The van der Waals surface area contributed by atoms with Crippen molar-refractivity contribution in [3.05, 3.63) is 22.2 Å². The SMILES string of the molecule is CNc1cc(OCCF)c(Cl)cc1Cl. The van der Waals surface area contributed by atoms with Crippen LogP contribution in [0.5, 0.6) is 5.75 Å². The number of anilines is 1. The third-order valence-corrected chi connectivity index (χ3v) is 2.23. The average molecular weight is 238 g/mol. The molecule has 1 rings (SSSR count). The second-order valence-electron chi connectivity index (χ2n) is 2.55. The van der Waals surface area contributed by atoms with Crippen LogP contribution in [0.25, 0.3) is 0 Å². The highest BCUT2D eigenvalue weighted by Crippen LogP contribution is 2.33. The van der Waals surface area contributed by atoms with Crippen molar-refractivity contribution < 1.29 is 9.13 Å². The molecule has 0 spiro atoms. The van der Waals surface area contributed by atoms with Crippen molar-refractivity contribution >= 4 is 28.9 Å². The fourth-order valence-corrected chi connectivity index (χ4v) is 1.51. The molecule has 78 valence electrons. The Morgan fingerprint density at radius 3 is 2.64 bits per heavy atom. The molecule has 0 saturated heterocycles. The van der Waals surface area contributed by atoms with E-state index in [0.717, 1.165) is 0 Å². The molecule has 0 amide bonds. The minimum atomic E-state index is -0.548. The number of nitrogens with one attached hydrogen (secondary N) is 1. The average Bonchev–Trinajstić information content (AvgIpc) is 2.17. The van der Waals surface area contributed by atoms with Gasteiger partial charge in [-0.15, -0.1) is 0 Å². The monoisotopic (exact) mass is 237 g/mol. The quantitative estimate of drug-likeness (QED) is 0.868. The molecule has 0 atom stereocenters. The van der Waals surface area contributed by atoms with Gasteiger partial charge in [-0.2, -0.15) is 0 Å². The van der Waals surface area contributed by atoms with Crippen molar-refractivity contribution in [3.8, 4) is 5.75 Å². The summed E-state index contributed by atoms with van der Waals surface area (Å²) in [5.41, 5.74) is 0.699. The molecule has 1 aromatic carbocycles. The van der Waals surface area contributed by atoms with Gasteiger partial charge in [-0.3, -0.25) is 0 Å². The van der Waals surface area contributed by atoms with Crippen LogP contribution in [0.4, 0.5) is 10.1 Å². The first-order chi connectivity index (χ1) is 6.69. The van der Waals surface area contributed by atoms with E-state index >= 15 is 0 Å². The zero-order chi connectivity index (χ0) is 10.6. The molecule has 0 aliphatic rings. The number of rotatable bonds is 4. The Hall–Kier alpha value is -0.670. The summed E-state index contributed by atoms with van der Waals surface area (Å²) in [5, 5.41) is 3.76. The van der Waals surface area contributed by atoms with Crippen LogP contribution in [-0.2, 0) is 0 Å². The Bertz CT molecular complexity index is 320. The third-order valence-electron chi connectivity index (χ3n) is 1.63. The normalized spacial score (nSPS) is 10.0. The Balaban J connectivity index is 2.92. The summed E-state index contributed by atoms with van der Waals surface area (Å²) in [6.07, 6.45) is 0. The second-order valence-corrected chi connectivity index (χ2v) is 3.36. The van der Waals surface area contributed by atoms with Gasteiger partial charge < -0.3 is 10.1 Å². The van der Waals surface area contributed by atoms with Crippen LogP contribution in [-0.4, -0.2) is 20.3 Å². The van der Waals surface area contributed by atoms with Gasteiger partial charge in [0, 0.05) is 13.1 Å². The number of alkyl halides is 1. The van der Waals surface area contributed by atoms with Crippen molar-refractivity contribution in [1.82, 2.24) is 0 Å². The molecule has 0 aliphatic heterocycles. The molecule has 0 radical (unpaired) electrons. The van der Waals surface area contributed by atoms with Gasteiger partial charge in [-0.25, -0.2) is 4.39 Å². The lowest BCUT2D eigenvalue weighted by molar-refractivity contribution is 0.273. The first-order valence-corrected chi connectivity index (χ1v) is 4.80. The fourth-order valence-electron chi connectivity index (χ4n) is 0.980. The lowest BCUT2D eigenvalue weighted by atomic mass is 10.3. The van der Waals surface area contributed by atoms with Crippen LogP contribution in [0.3, 0.4) is 0 Å². The van der Waals surface area contributed by atoms with Crippen molar-refractivity contribution in [2.24, 2.45) is 0 Å². The van der Waals surface area contributed by atoms with Crippen molar-refractivity contribution in [1.29, 1.82) is 0 Å². The van der Waals surface area contributed by atoms with Gasteiger partial charge in [0.05, 0.1) is 15.7 Å². The molecule has 0 unspecified atom stereocenters. The minimum absolute atomic E-state index is 0.00942. The molecular weight excluding hydrogens is 228 g/mol. The predicted molar refractivity (Wildman–Crippen MR) is 57.5 cm³/mol. The maximum atomic E-state index is 11.9. The van der Waals surface area contributed by atoms with E-state index < -0.39 is 6.67 Å². The maximum absolute atomic E-state index is 11.9. The maximum Gasteiger partial charge on any atom is 0.140 e. The summed E-state index contributed by atoms with van der Waals surface area (Å²) < 4.78 is 16.9. The first kappa shape index (κ1) is 11.4. The number of benzene rings is 1. The van der Waals surface area contributed by atoms with Gasteiger partial charge in [-0.05, 0) is 6.07 Å². The van der Waals surface area contributed by atoms with Crippen LogP contribution in [0, 0.1) is 0 Å². The summed E-state index contributed by atoms with van der Waals surface area (Å²) in [7, 11) is 1.73. The smallest absolute Gasteiger partial charge is 0.140 e. The Labute approximate surface area is 92.0 Å². The highest BCUT2D eigenvalue weighted by Gasteiger charge is 2.07. The first-order valence-electron chi connectivity index (χ1n) is 4.04. The van der Waals surface area contributed by atoms with Crippen LogP contribution in [0.15, 0.2) is 12.1 Å². The highest BCUT2D eigenvalue weighted by atomic mass is 35.5. The number of halogens is 3. The van der Waals surface area contributed by atoms with E-state index in [1.807, 2.05) is 0 Å². The van der Waals surface area contributed by atoms with Gasteiger partial charge in [0.1, 0.15) is 19.0 Å². The Morgan fingerprint density at radius 1 is 1.36 bits per heavy atom. The molecule has 0 bridgehead atoms. The summed E-state index contributed by atoms with van der Waals surface area (Å²) in [6.45, 7) is -0.557. The third kappa shape index (κ3) is 2.66. The predicted octanol–water partition coefficient (Wildman–Crippen LogP) is 3.38. The van der Waals surface area contributed by atoms with Gasteiger partial charge >= 0.3 is 0 Å². The summed E-state index contributed by atoms with van der Waals surface area (Å²) in [6, 6.07) is 3.20. The molecule has 2 nitrogen and oxygen atoms in total. The van der Waals surface area contributed by atoms with Gasteiger partial charge in [-0.1, -0.05) is 23.2 Å². The van der Waals surface area contributed by atoms with Gasteiger partial charge in [0.25, 0.3) is 0 Å². The summed E-state index contributed by atoms with van der Waals surface area (Å²) in [5.74, 6) is 0.429. The molecule has 1 aromatic rings. The van der Waals surface area contributed by atoms with Gasteiger partial charge in [0.2, 0.25) is 0 Å². The molecule has 1 N–H and O–H groups in total. The molecule has 14 heavy (non-hydrogen) atoms. The lowest BCUT2D eigenvalue weighted by Gasteiger charge is -2.09. The molecule has 0 saturated carbocycles. The van der Waals surface area contributed by atoms with E-state index in [2.05, 4.69) is 5.32 Å². The minimum Gasteiger partial charge on any atom is -0.489 e. The van der Waals surface area contributed by atoms with Crippen molar-refractivity contribution in [3.63, 3.8) is 0 Å². The molecule has 5 heteroatoms. The molecular formula is C9H10Cl2FNO. The van der Waals surface area contributed by atoms with E-state index in [1.165, 1.54) is 0 Å². The summed E-state index contributed by atoms with van der Waals surface area (Å²) in [4.78, 5) is 0.